The molecule has 0 fully saturated rings. The second kappa shape index (κ2) is 3.70. The molecule has 3 rings (SSSR count). The highest BCUT2D eigenvalue weighted by molar-refractivity contribution is 5.99. The minimum atomic E-state index is 0.233. The molecule has 18 heavy (non-hydrogen) atoms. The van der Waals surface area contributed by atoms with Crippen molar-refractivity contribution in [2.45, 2.75) is 0 Å². The fraction of sp³-hybridized carbons (Fsp3) is 0. The van der Waals surface area contributed by atoms with Crippen LogP contribution in [0.5, 0.6) is 5.75 Å². The lowest BCUT2D eigenvalue weighted by molar-refractivity contribution is 0.476. The first kappa shape index (κ1) is 10.5. The van der Waals surface area contributed by atoms with Gasteiger partial charge in [0.15, 0.2) is 0 Å². The summed E-state index contributed by atoms with van der Waals surface area (Å²) in [4.78, 5) is 3.12. The van der Waals surface area contributed by atoms with E-state index in [1.807, 2.05) is 18.3 Å². The van der Waals surface area contributed by atoms with E-state index in [1.165, 1.54) is 0 Å². The molecule has 3 aromatic rings. The van der Waals surface area contributed by atoms with Crippen LogP contribution in [0.3, 0.4) is 0 Å². The maximum absolute atomic E-state index is 9.44. The van der Waals surface area contributed by atoms with Crippen LogP contribution in [0.1, 0.15) is 0 Å². The fourth-order valence-electron chi connectivity index (χ4n) is 2.14. The van der Waals surface area contributed by atoms with E-state index in [0.717, 1.165) is 22.0 Å². The van der Waals surface area contributed by atoms with Crippen LogP contribution < -0.4 is 11.5 Å². The van der Waals surface area contributed by atoms with Crippen molar-refractivity contribution in [3.8, 4) is 16.9 Å². The highest BCUT2D eigenvalue weighted by Crippen LogP contribution is 2.34. The second-order valence-corrected chi connectivity index (χ2v) is 4.28. The minimum absolute atomic E-state index is 0.233. The van der Waals surface area contributed by atoms with Crippen molar-refractivity contribution in [1.82, 2.24) is 4.98 Å². The normalized spacial score (nSPS) is 10.9. The van der Waals surface area contributed by atoms with Crippen LogP contribution in [-0.2, 0) is 0 Å². The number of benzene rings is 2. The molecule has 0 saturated carbocycles. The van der Waals surface area contributed by atoms with Crippen LogP contribution in [-0.4, -0.2) is 10.1 Å². The quantitative estimate of drug-likeness (QED) is 0.492. The molecule has 4 heteroatoms. The van der Waals surface area contributed by atoms with Crippen LogP contribution in [0.15, 0.2) is 42.6 Å². The molecule has 0 saturated heterocycles. The Morgan fingerprint density at radius 2 is 1.78 bits per heavy atom. The third-order valence-electron chi connectivity index (χ3n) is 3.03. The molecule has 0 radical (unpaired) electrons. The van der Waals surface area contributed by atoms with Gasteiger partial charge in [-0.1, -0.05) is 0 Å². The standard InChI is InChI=1S/C14H13N3O/c15-8-1-4-13(16)11(5-8)12-7-17-14-6-9(18)2-3-10(12)14/h1-7,17-18H,15-16H2. The molecule has 6 N–H and O–H groups in total. The van der Waals surface area contributed by atoms with Gasteiger partial charge in [0.2, 0.25) is 0 Å². The van der Waals surface area contributed by atoms with E-state index in [0.29, 0.717) is 11.4 Å². The predicted molar refractivity (Wildman–Crippen MR) is 74.2 cm³/mol. The van der Waals surface area contributed by atoms with Crippen molar-refractivity contribution < 1.29 is 5.11 Å². The van der Waals surface area contributed by atoms with Gasteiger partial charge in [0.25, 0.3) is 0 Å². The van der Waals surface area contributed by atoms with Gasteiger partial charge in [-0.15, -0.1) is 0 Å². The monoisotopic (exact) mass is 239 g/mol. The van der Waals surface area contributed by atoms with Crippen LogP contribution >= 0.6 is 0 Å². The summed E-state index contributed by atoms with van der Waals surface area (Å²) in [5, 5.41) is 10.4. The average Bonchev–Trinajstić information content (AvgIpc) is 2.75. The fourth-order valence-corrected chi connectivity index (χ4v) is 2.14. The molecule has 1 heterocycles. The van der Waals surface area contributed by atoms with Crippen molar-refractivity contribution >= 4 is 22.3 Å². The number of nitrogens with one attached hydrogen (secondary N) is 1. The Kier molecular flexibility index (Phi) is 2.16. The van der Waals surface area contributed by atoms with Crippen molar-refractivity contribution in [2.24, 2.45) is 0 Å². The minimum Gasteiger partial charge on any atom is -0.508 e. The number of nitrogen functional groups attached to an aromatic ring is 2. The first-order valence-corrected chi connectivity index (χ1v) is 5.60. The number of nitrogens with two attached hydrogens (primary N) is 2. The lowest BCUT2D eigenvalue weighted by Crippen LogP contribution is -1.92. The number of hydrogen-bond acceptors (Lipinski definition) is 3. The zero-order valence-electron chi connectivity index (χ0n) is 9.64. The number of aromatic nitrogens is 1. The Balaban J connectivity index is 2.28. The summed E-state index contributed by atoms with van der Waals surface area (Å²) in [6, 6.07) is 10.6. The van der Waals surface area contributed by atoms with Gasteiger partial charge >= 0.3 is 0 Å². The van der Waals surface area contributed by atoms with Crippen LogP contribution in [0.2, 0.25) is 0 Å². The molecule has 2 aromatic carbocycles. The zero-order valence-corrected chi connectivity index (χ0v) is 9.64. The molecule has 1 aromatic heterocycles. The van der Waals surface area contributed by atoms with Crippen molar-refractivity contribution in [3.05, 3.63) is 42.6 Å². The van der Waals surface area contributed by atoms with E-state index >= 15 is 0 Å². The summed E-state index contributed by atoms with van der Waals surface area (Å²) in [5.74, 6) is 0.233. The van der Waals surface area contributed by atoms with Gasteiger partial charge in [0.1, 0.15) is 5.75 Å². The Labute approximate surface area is 104 Å². The topological polar surface area (TPSA) is 88.1 Å². The number of aromatic amines is 1. The lowest BCUT2D eigenvalue weighted by atomic mass is 10.0. The number of anilines is 2. The van der Waals surface area contributed by atoms with E-state index in [2.05, 4.69) is 4.98 Å². The van der Waals surface area contributed by atoms with Gasteiger partial charge in [0.05, 0.1) is 0 Å². The molecular weight excluding hydrogens is 226 g/mol. The molecule has 0 unspecified atom stereocenters. The molecule has 0 atom stereocenters. The van der Waals surface area contributed by atoms with Crippen molar-refractivity contribution in [2.75, 3.05) is 11.5 Å². The molecule has 0 aliphatic heterocycles. The second-order valence-electron chi connectivity index (χ2n) is 4.28. The number of phenolic OH excluding ortho intramolecular Hbond substituents is 1. The van der Waals surface area contributed by atoms with Gasteiger partial charge in [-0.05, 0) is 30.3 Å². The number of aromatic hydroxyl groups is 1. The smallest absolute Gasteiger partial charge is 0.117 e. The maximum Gasteiger partial charge on any atom is 0.117 e. The van der Waals surface area contributed by atoms with Crippen molar-refractivity contribution in [3.63, 3.8) is 0 Å². The summed E-state index contributed by atoms with van der Waals surface area (Å²) < 4.78 is 0. The van der Waals surface area contributed by atoms with E-state index in [9.17, 15) is 5.11 Å². The Morgan fingerprint density at radius 1 is 0.944 bits per heavy atom. The van der Waals surface area contributed by atoms with Gasteiger partial charge < -0.3 is 21.6 Å². The molecule has 90 valence electrons. The predicted octanol–water partition coefficient (Wildman–Crippen LogP) is 2.70. The maximum atomic E-state index is 9.44. The first-order valence-electron chi connectivity index (χ1n) is 5.60. The third-order valence-corrected chi connectivity index (χ3v) is 3.03. The van der Waals surface area contributed by atoms with E-state index in [1.54, 1.807) is 24.3 Å². The summed E-state index contributed by atoms with van der Waals surface area (Å²) >= 11 is 0. The largest absolute Gasteiger partial charge is 0.508 e. The summed E-state index contributed by atoms with van der Waals surface area (Å²) in [7, 11) is 0. The molecule has 0 amide bonds. The lowest BCUT2D eigenvalue weighted by Gasteiger charge is -2.05. The summed E-state index contributed by atoms with van der Waals surface area (Å²) in [6.07, 6.45) is 1.87. The number of hydrogen-bond donors (Lipinski definition) is 4. The van der Waals surface area contributed by atoms with Gasteiger partial charge in [-0.25, -0.2) is 0 Å². The Hall–Kier alpha value is -2.62. The molecule has 4 nitrogen and oxygen atoms in total. The SMILES string of the molecule is Nc1ccc(N)c(-c2c[nH]c3cc(O)ccc23)c1. The van der Waals surface area contributed by atoms with E-state index < -0.39 is 0 Å². The van der Waals surface area contributed by atoms with E-state index in [4.69, 9.17) is 11.5 Å². The van der Waals surface area contributed by atoms with Crippen LogP contribution in [0, 0.1) is 0 Å². The van der Waals surface area contributed by atoms with Crippen molar-refractivity contribution in [1.29, 1.82) is 0 Å². The zero-order chi connectivity index (χ0) is 12.7. The van der Waals surface area contributed by atoms with E-state index in [-0.39, 0.29) is 5.75 Å². The molecular formula is C14H13N3O. The number of rotatable bonds is 1. The summed E-state index contributed by atoms with van der Waals surface area (Å²) in [6.45, 7) is 0. The number of fused-ring (bicyclic) bond motifs is 1. The highest BCUT2D eigenvalue weighted by Gasteiger charge is 2.09. The Morgan fingerprint density at radius 3 is 2.61 bits per heavy atom. The number of H-pyrrole nitrogens is 1. The van der Waals surface area contributed by atoms with Gasteiger partial charge in [0, 0.05) is 45.7 Å². The molecule has 0 spiro atoms. The highest BCUT2D eigenvalue weighted by atomic mass is 16.3. The molecule has 0 aliphatic carbocycles. The number of phenols is 1. The molecule has 0 aliphatic rings. The van der Waals surface area contributed by atoms with Gasteiger partial charge in [-0.2, -0.15) is 0 Å². The average molecular weight is 239 g/mol. The Bertz CT molecular complexity index is 731. The van der Waals surface area contributed by atoms with Crippen LogP contribution in [0.25, 0.3) is 22.0 Å². The van der Waals surface area contributed by atoms with Crippen LogP contribution in [0.4, 0.5) is 11.4 Å². The summed E-state index contributed by atoms with van der Waals surface area (Å²) in [5.41, 5.74) is 15.9. The van der Waals surface area contributed by atoms with Gasteiger partial charge in [-0.3, -0.25) is 0 Å². The molecule has 0 bridgehead atoms. The third kappa shape index (κ3) is 1.55. The first-order chi connectivity index (χ1) is 8.65.